The Morgan fingerprint density at radius 2 is 1.48 bits per heavy atom. The highest BCUT2D eigenvalue weighted by molar-refractivity contribution is 6.01. The van der Waals surface area contributed by atoms with E-state index in [4.69, 9.17) is 0 Å². The van der Waals surface area contributed by atoms with Gasteiger partial charge in [-0.1, -0.05) is 65.7 Å². The molecule has 0 aliphatic heterocycles. The third kappa shape index (κ3) is 3.03. The molecule has 0 bridgehead atoms. The number of benzene rings is 3. The Balaban J connectivity index is 1.89. The molecule has 0 fully saturated rings. The normalized spacial score (nSPS) is 10.8. The first kappa shape index (κ1) is 13.6. The fraction of sp³-hybridized carbons (Fsp3) is 0.150. The quantitative estimate of drug-likeness (QED) is 0.622. The van der Waals surface area contributed by atoms with E-state index in [1.165, 1.54) is 16.5 Å². The van der Waals surface area contributed by atoms with E-state index in [0.29, 0.717) is 6.42 Å². The van der Waals surface area contributed by atoms with Crippen molar-refractivity contribution in [2.24, 2.45) is 0 Å². The molecule has 0 N–H and O–H groups in total. The van der Waals surface area contributed by atoms with Gasteiger partial charge < -0.3 is 0 Å². The van der Waals surface area contributed by atoms with Gasteiger partial charge >= 0.3 is 0 Å². The summed E-state index contributed by atoms with van der Waals surface area (Å²) >= 11 is 0. The maximum Gasteiger partial charge on any atom is 0.167 e. The monoisotopic (exact) mass is 274 g/mol. The molecule has 0 saturated carbocycles. The van der Waals surface area contributed by atoms with Gasteiger partial charge in [-0.3, -0.25) is 4.79 Å². The fourth-order valence-corrected chi connectivity index (χ4v) is 2.82. The summed E-state index contributed by atoms with van der Waals surface area (Å²) in [6.07, 6.45) is 0.459. The van der Waals surface area contributed by atoms with Crippen molar-refractivity contribution in [1.29, 1.82) is 0 Å². The average molecular weight is 274 g/mol. The maximum atomic E-state index is 12.5. The first-order valence-corrected chi connectivity index (χ1v) is 7.21. The Kier molecular flexibility index (Phi) is 3.57. The minimum Gasteiger partial charge on any atom is -0.294 e. The lowest BCUT2D eigenvalue weighted by atomic mass is 9.98. The van der Waals surface area contributed by atoms with Crippen molar-refractivity contribution in [3.63, 3.8) is 0 Å². The number of rotatable bonds is 3. The van der Waals surface area contributed by atoms with Gasteiger partial charge in [0.05, 0.1) is 0 Å². The van der Waals surface area contributed by atoms with Gasteiger partial charge in [0.1, 0.15) is 0 Å². The summed E-state index contributed by atoms with van der Waals surface area (Å²) in [4.78, 5) is 12.5. The van der Waals surface area contributed by atoms with Crippen LogP contribution in [0, 0.1) is 13.8 Å². The van der Waals surface area contributed by atoms with Gasteiger partial charge in [0.2, 0.25) is 0 Å². The summed E-state index contributed by atoms with van der Waals surface area (Å²) in [5.74, 6) is 0.172. The highest BCUT2D eigenvalue weighted by Crippen LogP contribution is 2.18. The second-order valence-electron chi connectivity index (χ2n) is 5.66. The number of Topliss-reactive ketones (excluding diaryl/α,β-unsaturated/α-hetero) is 1. The third-order valence-corrected chi connectivity index (χ3v) is 3.72. The van der Waals surface area contributed by atoms with Crippen LogP contribution in [0.2, 0.25) is 0 Å². The van der Waals surface area contributed by atoms with Crippen molar-refractivity contribution >= 4 is 16.6 Å². The van der Waals surface area contributed by atoms with Crippen LogP contribution in [0.4, 0.5) is 0 Å². The van der Waals surface area contributed by atoms with Crippen LogP contribution in [0.1, 0.15) is 27.0 Å². The molecule has 0 saturated heterocycles. The zero-order chi connectivity index (χ0) is 14.8. The van der Waals surface area contributed by atoms with Crippen molar-refractivity contribution < 1.29 is 4.79 Å². The van der Waals surface area contributed by atoms with Crippen LogP contribution in [0.5, 0.6) is 0 Å². The molecule has 3 aromatic carbocycles. The maximum absolute atomic E-state index is 12.5. The molecule has 0 amide bonds. The van der Waals surface area contributed by atoms with Gasteiger partial charge in [-0.25, -0.2) is 0 Å². The second kappa shape index (κ2) is 5.53. The Hall–Kier alpha value is -2.41. The van der Waals surface area contributed by atoms with E-state index < -0.39 is 0 Å². The molecule has 21 heavy (non-hydrogen) atoms. The average Bonchev–Trinajstić information content (AvgIpc) is 2.45. The molecule has 0 heterocycles. The van der Waals surface area contributed by atoms with E-state index in [-0.39, 0.29) is 5.78 Å². The number of ketones is 1. The summed E-state index contributed by atoms with van der Waals surface area (Å²) in [6, 6.07) is 20.4. The lowest BCUT2D eigenvalue weighted by Gasteiger charge is -2.06. The van der Waals surface area contributed by atoms with Crippen LogP contribution in [0.25, 0.3) is 10.8 Å². The zero-order valence-electron chi connectivity index (χ0n) is 12.4. The van der Waals surface area contributed by atoms with Gasteiger partial charge in [0.15, 0.2) is 5.78 Å². The van der Waals surface area contributed by atoms with Gasteiger partial charge in [-0.15, -0.1) is 0 Å². The smallest absolute Gasteiger partial charge is 0.167 e. The van der Waals surface area contributed by atoms with Crippen LogP contribution >= 0.6 is 0 Å². The molecule has 3 aromatic rings. The van der Waals surface area contributed by atoms with Crippen LogP contribution in [-0.2, 0) is 6.42 Å². The van der Waals surface area contributed by atoms with E-state index in [1.807, 2.05) is 36.4 Å². The van der Waals surface area contributed by atoms with Crippen LogP contribution in [-0.4, -0.2) is 5.78 Å². The SMILES string of the molecule is Cc1cc(C)cc(CC(=O)c2ccc3ccccc3c2)c1. The second-order valence-corrected chi connectivity index (χ2v) is 5.66. The molecule has 3 rings (SSSR count). The Morgan fingerprint density at radius 1 is 0.810 bits per heavy atom. The lowest BCUT2D eigenvalue weighted by Crippen LogP contribution is -2.04. The number of hydrogen-bond acceptors (Lipinski definition) is 1. The van der Waals surface area contributed by atoms with Crippen molar-refractivity contribution in [3.05, 3.63) is 82.9 Å². The molecule has 0 aromatic heterocycles. The van der Waals surface area contributed by atoms with E-state index >= 15 is 0 Å². The molecule has 1 heteroatoms. The van der Waals surface area contributed by atoms with Crippen LogP contribution in [0.15, 0.2) is 60.7 Å². The summed E-state index contributed by atoms with van der Waals surface area (Å²) in [5.41, 5.74) is 4.28. The van der Waals surface area contributed by atoms with E-state index in [1.54, 1.807) is 0 Å². The largest absolute Gasteiger partial charge is 0.294 e. The third-order valence-electron chi connectivity index (χ3n) is 3.72. The zero-order valence-corrected chi connectivity index (χ0v) is 12.4. The molecule has 0 radical (unpaired) electrons. The minimum absolute atomic E-state index is 0.172. The van der Waals surface area contributed by atoms with Crippen molar-refractivity contribution in [2.45, 2.75) is 20.3 Å². The van der Waals surface area contributed by atoms with Crippen LogP contribution < -0.4 is 0 Å². The number of carbonyl (C=O) groups is 1. The number of carbonyl (C=O) groups excluding carboxylic acids is 1. The fourth-order valence-electron chi connectivity index (χ4n) is 2.82. The van der Waals surface area contributed by atoms with Gasteiger partial charge in [0, 0.05) is 12.0 Å². The number of hydrogen-bond donors (Lipinski definition) is 0. The van der Waals surface area contributed by atoms with Crippen molar-refractivity contribution in [2.75, 3.05) is 0 Å². The van der Waals surface area contributed by atoms with Crippen LogP contribution in [0.3, 0.4) is 0 Å². The molecule has 0 aliphatic carbocycles. The highest BCUT2D eigenvalue weighted by atomic mass is 16.1. The first-order chi connectivity index (χ1) is 10.1. The standard InChI is InChI=1S/C20H18O/c1-14-9-15(2)11-16(10-14)12-20(21)19-8-7-17-5-3-4-6-18(17)13-19/h3-11,13H,12H2,1-2H3. The first-order valence-electron chi connectivity index (χ1n) is 7.21. The topological polar surface area (TPSA) is 17.1 Å². The van der Waals surface area contributed by atoms with E-state index in [2.05, 4.69) is 38.1 Å². The molecular formula is C20H18O. The summed E-state index contributed by atoms with van der Waals surface area (Å²) < 4.78 is 0. The molecule has 104 valence electrons. The number of fused-ring (bicyclic) bond motifs is 1. The highest BCUT2D eigenvalue weighted by Gasteiger charge is 2.08. The van der Waals surface area contributed by atoms with Crippen molar-refractivity contribution in [1.82, 2.24) is 0 Å². The Morgan fingerprint density at radius 3 is 2.19 bits per heavy atom. The predicted molar refractivity (Wildman–Crippen MR) is 87.9 cm³/mol. The molecule has 0 spiro atoms. The van der Waals surface area contributed by atoms with E-state index in [0.717, 1.165) is 16.5 Å². The summed E-state index contributed by atoms with van der Waals surface area (Å²) in [6.45, 7) is 4.13. The summed E-state index contributed by atoms with van der Waals surface area (Å²) in [5, 5.41) is 2.28. The van der Waals surface area contributed by atoms with Gasteiger partial charge in [0.25, 0.3) is 0 Å². The van der Waals surface area contributed by atoms with Gasteiger partial charge in [-0.2, -0.15) is 0 Å². The molecule has 0 unspecified atom stereocenters. The molecule has 0 atom stereocenters. The Bertz CT molecular complexity index is 795. The molecule has 0 aliphatic rings. The summed E-state index contributed by atoms with van der Waals surface area (Å²) in [7, 11) is 0. The minimum atomic E-state index is 0.172. The molecular weight excluding hydrogens is 256 g/mol. The predicted octanol–water partition coefficient (Wildman–Crippen LogP) is 4.88. The lowest BCUT2D eigenvalue weighted by molar-refractivity contribution is 0.0993. The van der Waals surface area contributed by atoms with Crippen molar-refractivity contribution in [3.8, 4) is 0 Å². The number of aryl methyl sites for hydroxylation is 2. The Labute approximate surface area is 125 Å². The van der Waals surface area contributed by atoms with E-state index in [9.17, 15) is 4.79 Å². The molecule has 1 nitrogen and oxygen atoms in total. The van der Waals surface area contributed by atoms with Gasteiger partial charge in [-0.05, 0) is 36.2 Å².